The lowest BCUT2D eigenvalue weighted by atomic mass is 9.99. The highest BCUT2D eigenvalue weighted by molar-refractivity contribution is 7.89. The Bertz CT molecular complexity index is 1070. The van der Waals surface area contributed by atoms with Gasteiger partial charge in [0, 0.05) is 11.1 Å². The summed E-state index contributed by atoms with van der Waals surface area (Å²) < 4.78 is 77.3. The van der Waals surface area contributed by atoms with Crippen LogP contribution in [0.25, 0.3) is 22.3 Å². The molecule has 0 aliphatic carbocycles. The molecule has 0 atom stereocenters. The summed E-state index contributed by atoms with van der Waals surface area (Å²) in [6.45, 7) is 0. The van der Waals surface area contributed by atoms with E-state index in [2.05, 4.69) is 4.74 Å². The first kappa shape index (κ1) is 19.3. The Labute approximate surface area is 155 Å². The van der Waals surface area contributed by atoms with Gasteiger partial charge in [-0.05, 0) is 46.2 Å². The van der Waals surface area contributed by atoms with Crippen molar-refractivity contribution in [3.63, 3.8) is 0 Å². The molecule has 142 valence electrons. The van der Waals surface area contributed by atoms with Crippen LogP contribution in [0.2, 0.25) is 0 Å². The van der Waals surface area contributed by atoms with E-state index in [-0.39, 0.29) is 5.75 Å². The maximum absolute atomic E-state index is 14.1. The zero-order valence-corrected chi connectivity index (χ0v) is 15.0. The van der Waals surface area contributed by atoms with Crippen LogP contribution < -0.4 is 9.88 Å². The molecule has 0 fully saturated rings. The van der Waals surface area contributed by atoms with E-state index in [1.807, 2.05) is 0 Å². The molecule has 0 saturated carbocycles. The second kappa shape index (κ2) is 6.95. The number of hydrogen-bond acceptors (Lipinski definition) is 4. The number of benzene rings is 2. The van der Waals surface area contributed by atoms with Crippen molar-refractivity contribution in [3.8, 4) is 28.0 Å². The van der Waals surface area contributed by atoms with Crippen molar-refractivity contribution in [1.29, 1.82) is 0 Å². The molecule has 0 aliphatic heterocycles. The van der Waals surface area contributed by atoms with Gasteiger partial charge in [0.15, 0.2) is 0 Å². The van der Waals surface area contributed by atoms with Crippen LogP contribution in [-0.4, -0.2) is 14.8 Å². The van der Waals surface area contributed by atoms with Gasteiger partial charge in [-0.1, -0.05) is 18.2 Å². The van der Waals surface area contributed by atoms with Crippen molar-refractivity contribution >= 4 is 21.4 Å². The monoisotopic (exact) mass is 417 g/mol. The molecular weight excluding hydrogens is 406 g/mol. The molecule has 3 aromatic rings. The minimum atomic E-state index is -4.78. The average Bonchev–Trinajstić information content (AvgIpc) is 3.02. The lowest BCUT2D eigenvalue weighted by Gasteiger charge is -2.10. The summed E-state index contributed by atoms with van der Waals surface area (Å²) >= 11 is 1.31. The van der Waals surface area contributed by atoms with Crippen molar-refractivity contribution < 1.29 is 30.7 Å². The highest BCUT2D eigenvalue weighted by Crippen LogP contribution is 2.37. The van der Waals surface area contributed by atoms with Crippen LogP contribution in [0.1, 0.15) is 0 Å². The zero-order chi connectivity index (χ0) is 19.8. The second-order valence-electron chi connectivity index (χ2n) is 5.46. The highest BCUT2D eigenvalue weighted by atomic mass is 32.2. The minimum absolute atomic E-state index is 0.355. The molecular formula is C17H11F4NO3S2. The number of ether oxygens (including phenoxy) is 1. The Morgan fingerprint density at radius 1 is 0.926 bits per heavy atom. The molecule has 0 amide bonds. The minimum Gasteiger partial charge on any atom is -0.406 e. The van der Waals surface area contributed by atoms with Crippen LogP contribution in [0.3, 0.4) is 0 Å². The number of thiophene rings is 1. The van der Waals surface area contributed by atoms with Crippen LogP contribution in [-0.2, 0) is 10.0 Å². The molecule has 0 saturated heterocycles. The van der Waals surface area contributed by atoms with Crippen LogP contribution in [0.4, 0.5) is 17.6 Å². The molecule has 2 aromatic carbocycles. The molecule has 3 rings (SSSR count). The smallest absolute Gasteiger partial charge is 0.406 e. The molecule has 1 heterocycles. The van der Waals surface area contributed by atoms with Crippen molar-refractivity contribution in [1.82, 2.24) is 0 Å². The predicted octanol–water partition coefficient (Wildman–Crippen LogP) is 4.77. The molecule has 0 radical (unpaired) electrons. The lowest BCUT2D eigenvalue weighted by molar-refractivity contribution is -0.274. The summed E-state index contributed by atoms with van der Waals surface area (Å²) in [5.41, 5.74) is 2.26. The lowest BCUT2D eigenvalue weighted by Crippen LogP contribution is -2.16. The fraction of sp³-hybridized carbons (Fsp3) is 0.0588. The van der Waals surface area contributed by atoms with Crippen LogP contribution in [0.15, 0.2) is 58.1 Å². The van der Waals surface area contributed by atoms with Gasteiger partial charge in [-0.25, -0.2) is 17.9 Å². The van der Waals surface area contributed by atoms with E-state index in [1.54, 1.807) is 10.8 Å². The Hall–Kier alpha value is -2.43. The second-order valence-corrected chi connectivity index (χ2v) is 7.73. The molecule has 4 nitrogen and oxygen atoms in total. The number of primary sulfonamides is 1. The van der Waals surface area contributed by atoms with Crippen molar-refractivity contribution in [3.05, 3.63) is 59.0 Å². The van der Waals surface area contributed by atoms with Crippen LogP contribution in [0.5, 0.6) is 5.75 Å². The van der Waals surface area contributed by atoms with Gasteiger partial charge in [0.05, 0.1) is 0 Å². The Morgan fingerprint density at radius 3 is 2.00 bits per heavy atom. The third-order valence-corrected chi connectivity index (χ3v) is 5.30. The summed E-state index contributed by atoms with van der Waals surface area (Å²) in [4.78, 5) is -0.614. The first-order chi connectivity index (χ1) is 12.5. The van der Waals surface area contributed by atoms with Crippen molar-refractivity contribution in [2.75, 3.05) is 0 Å². The SMILES string of the molecule is NS(=O)(=O)c1ccc(-c2cscc2-c2ccc(OC(F)(F)F)cc2)cc1F. The summed E-state index contributed by atoms with van der Waals surface area (Å²) in [5, 5.41) is 8.42. The summed E-state index contributed by atoms with van der Waals surface area (Å²) in [6, 6.07) is 8.77. The topological polar surface area (TPSA) is 69.4 Å². The van der Waals surface area contributed by atoms with E-state index in [1.165, 1.54) is 41.7 Å². The zero-order valence-electron chi connectivity index (χ0n) is 13.3. The van der Waals surface area contributed by atoms with Crippen molar-refractivity contribution in [2.45, 2.75) is 11.3 Å². The van der Waals surface area contributed by atoms with Crippen molar-refractivity contribution in [2.24, 2.45) is 5.14 Å². The quantitative estimate of drug-likeness (QED) is 0.622. The van der Waals surface area contributed by atoms with E-state index >= 15 is 0 Å². The summed E-state index contributed by atoms with van der Waals surface area (Å²) in [7, 11) is -4.18. The summed E-state index contributed by atoms with van der Waals surface area (Å²) in [5.74, 6) is -1.34. The number of hydrogen-bond donors (Lipinski definition) is 1. The van der Waals surface area contributed by atoms with E-state index in [0.29, 0.717) is 22.3 Å². The molecule has 0 unspecified atom stereocenters. The normalized spacial score (nSPS) is 12.2. The molecule has 0 bridgehead atoms. The van der Waals surface area contributed by atoms with Gasteiger partial charge >= 0.3 is 6.36 Å². The highest BCUT2D eigenvalue weighted by Gasteiger charge is 2.31. The Balaban J connectivity index is 1.96. The van der Waals surface area contributed by atoms with Gasteiger partial charge in [0.2, 0.25) is 10.0 Å². The van der Waals surface area contributed by atoms with Gasteiger partial charge in [-0.2, -0.15) is 11.3 Å². The number of halogens is 4. The predicted molar refractivity (Wildman–Crippen MR) is 93.2 cm³/mol. The summed E-state index contributed by atoms with van der Waals surface area (Å²) in [6.07, 6.45) is -4.78. The third kappa shape index (κ3) is 4.46. The Kier molecular flexibility index (Phi) is 4.98. The molecule has 1 aromatic heterocycles. The Morgan fingerprint density at radius 2 is 1.48 bits per heavy atom. The van der Waals surface area contributed by atoms with Gasteiger partial charge < -0.3 is 4.74 Å². The van der Waals surface area contributed by atoms with Gasteiger partial charge in [-0.3, -0.25) is 0 Å². The maximum Gasteiger partial charge on any atom is 0.573 e. The number of sulfonamides is 1. The van der Waals surface area contributed by atoms with Gasteiger partial charge in [-0.15, -0.1) is 13.2 Å². The van der Waals surface area contributed by atoms with Crippen LogP contribution in [0, 0.1) is 5.82 Å². The van der Waals surface area contributed by atoms with Gasteiger partial charge in [0.1, 0.15) is 16.5 Å². The molecule has 0 aliphatic rings. The molecule has 10 heteroatoms. The fourth-order valence-corrected chi connectivity index (χ4v) is 3.93. The number of alkyl halides is 3. The third-order valence-electron chi connectivity index (χ3n) is 3.61. The molecule has 27 heavy (non-hydrogen) atoms. The molecule has 0 spiro atoms. The van der Waals surface area contributed by atoms with Gasteiger partial charge in [0.25, 0.3) is 0 Å². The standard InChI is InChI=1S/C17H11F4NO3S2/c18-15-7-11(3-6-16(15)27(22,23)24)14-9-26-8-13(14)10-1-4-12(5-2-10)25-17(19,20)21/h1-9H,(H2,22,23,24). The van der Waals surface area contributed by atoms with Crippen LogP contribution >= 0.6 is 11.3 Å². The first-order valence-electron chi connectivity index (χ1n) is 7.30. The van der Waals surface area contributed by atoms with E-state index in [4.69, 9.17) is 5.14 Å². The fourth-order valence-electron chi connectivity index (χ4n) is 2.48. The van der Waals surface area contributed by atoms with E-state index in [9.17, 15) is 26.0 Å². The largest absolute Gasteiger partial charge is 0.573 e. The maximum atomic E-state index is 14.1. The average molecular weight is 417 g/mol. The number of rotatable bonds is 4. The van der Waals surface area contributed by atoms with E-state index in [0.717, 1.165) is 12.1 Å². The van der Waals surface area contributed by atoms with E-state index < -0.39 is 27.1 Å². The molecule has 2 N–H and O–H groups in total. The first-order valence-corrected chi connectivity index (χ1v) is 9.78. The number of nitrogens with two attached hydrogens (primary N) is 1.